The maximum atomic E-state index is 12.9. The summed E-state index contributed by atoms with van der Waals surface area (Å²) in [7, 11) is -2.09. The Morgan fingerprint density at radius 3 is 2.00 bits per heavy atom. The largest absolute Gasteiger partial charge is 0.497 e. The number of hydrogen-bond acceptors (Lipinski definition) is 4. The van der Waals surface area contributed by atoms with Crippen molar-refractivity contribution in [3.8, 4) is 11.5 Å². The van der Waals surface area contributed by atoms with E-state index in [1.54, 1.807) is 48.5 Å². The van der Waals surface area contributed by atoms with Gasteiger partial charge in [-0.25, -0.2) is 17.5 Å². The van der Waals surface area contributed by atoms with Crippen molar-refractivity contribution < 1.29 is 22.3 Å². The van der Waals surface area contributed by atoms with Crippen LogP contribution < -0.4 is 14.2 Å². The molecule has 0 heterocycles. The maximum Gasteiger partial charge on any atom is 0.240 e. The van der Waals surface area contributed by atoms with Gasteiger partial charge in [0, 0.05) is 6.54 Å². The summed E-state index contributed by atoms with van der Waals surface area (Å²) in [5.41, 5.74) is 1.66. The number of methoxy groups -OCH3 is 1. The minimum absolute atomic E-state index is 0.159. The van der Waals surface area contributed by atoms with E-state index in [0.29, 0.717) is 18.1 Å². The fourth-order valence-corrected chi connectivity index (χ4v) is 3.49. The van der Waals surface area contributed by atoms with Gasteiger partial charge in [-0.3, -0.25) is 0 Å². The lowest BCUT2D eigenvalue weighted by molar-refractivity contribution is 0.306. The Labute approximate surface area is 163 Å². The molecule has 1 N–H and O–H groups in total. The predicted octanol–water partition coefficient (Wildman–Crippen LogP) is 3.89. The summed E-state index contributed by atoms with van der Waals surface area (Å²) in [6.45, 7) is 0.482. The average Bonchev–Trinajstić information content (AvgIpc) is 2.73. The zero-order chi connectivity index (χ0) is 20.0. The van der Waals surface area contributed by atoms with Gasteiger partial charge in [-0.05, 0) is 59.7 Å². The van der Waals surface area contributed by atoms with Crippen LogP contribution in [-0.2, 0) is 23.2 Å². The first-order valence-corrected chi connectivity index (χ1v) is 10.0. The van der Waals surface area contributed by atoms with E-state index in [1.165, 1.54) is 31.4 Å². The second-order valence-corrected chi connectivity index (χ2v) is 7.83. The molecular formula is C21H20FNO4S. The van der Waals surface area contributed by atoms with Gasteiger partial charge in [0.25, 0.3) is 0 Å². The minimum Gasteiger partial charge on any atom is -0.497 e. The minimum atomic E-state index is -3.61. The highest BCUT2D eigenvalue weighted by atomic mass is 32.2. The molecule has 0 aliphatic carbocycles. The Balaban J connectivity index is 1.55. The van der Waals surface area contributed by atoms with Crippen molar-refractivity contribution in [2.24, 2.45) is 0 Å². The van der Waals surface area contributed by atoms with Crippen molar-refractivity contribution in [2.45, 2.75) is 18.0 Å². The van der Waals surface area contributed by atoms with Crippen LogP contribution in [0.15, 0.2) is 77.7 Å². The number of halogens is 1. The average molecular weight is 401 g/mol. The molecule has 0 radical (unpaired) electrons. The summed E-state index contributed by atoms with van der Waals surface area (Å²) in [5.74, 6) is 0.950. The second-order valence-electron chi connectivity index (χ2n) is 6.06. The molecule has 7 heteroatoms. The Hall–Kier alpha value is -2.90. The van der Waals surface area contributed by atoms with E-state index in [4.69, 9.17) is 9.47 Å². The molecule has 3 aromatic carbocycles. The van der Waals surface area contributed by atoms with Gasteiger partial charge in [0.1, 0.15) is 23.9 Å². The van der Waals surface area contributed by atoms with E-state index >= 15 is 0 Å². The molecule has 0 aliphatic rings. The van der Waals surface area contributed by atoms with Gasteiger partial charge in [0.15, 0.2) is 0 Å². The molecular weight excluding hydrogens is 381 g/mol. The van der Waals surface area contributed by atoms with E-state index in [2.05, 4.69) is 4.72 Å². The zero-order valence-corrected chi connectivity index (χ0v) is 16.1. The second kappa shape index (κ2) is 8.86. The number of rotatable bonds is 8. The maximum absolute atomic E-state index is 12.9. The molecule has 0 bridgehead atoms. The zero-order valence-electron chi connectivity index (χ0n) is 15.3. The van der Waals surface area contributed by atoms with Crippen molar-refractivity contribution in [3.05, 3.63) is 89.7 Å². The molecule has 0 spiro atoms. The quantitative estimate of drug-likeness (QED) is 0.622. The first kappa shape index (κ1) is 19.9. The molecule has 0 fully saturated rings. The van der Waals surface area contributed by atoms with Crippen LogP contribution in [0.25, 0.3) is 0 Å². The van der Waals surface area contributed by atoms with Crippen LogP contribution in [0.3, 0.4) is 0 Å². The molecule has 0 amide bonds. The summed E-state index contributed by atoms with van der Waals surface area (Å²) < 4.78 is 50.9. The van der Waals surface area contributed by atoms with Gasteiger partial charge in [0.05, 0.1) is 12.0 Å². The van der Waals surface area contributed by atoms with Gasteiger partial charge >= 0.3 is 0 Å². The van der Waals surface area contributed by atoms with Crippen molar-refractivity contribution >= 4 is 10.0 Å². The van der Waals surface area contributed by atoms with Crippen molar-refractivity contribution in [3.63, 3.8) is 0 Å². The molecule has 3 rings (SSSR count). The SMILES string of the molecule is COc1ccc(S(=O)(=O)NCc2ccc(OCc3ccc(F)cc3)cc2)cc1. The Kier molecular flexibility index (Phi) is 6.28. The molecule has 0 aromatic heterocycles. The van der Waals surface area contributed by atoms with Crippen LogP contribution in [0.4, 0.5) is 4.39 Å². The number of ether oxygens (including phenoxy) is 2. The van der Waals surface area contributed by atoms with E-state index in [9.17, 15) is 12.8 Å². The highest BCUT2D eigenvalue weighted by molar-refractivity contribution is 7.89. The molecule has 0 aliphatic heterocycles. The van der Waals surface area contributed by atoms with Gasteiger partial charge in [-0.2, -0.15) is 0 Å². The van der Waals surface area contributed by atoms with E-state index in [-0.39, 0.29) is 17.3 Å². The number of benzene rings is 3. The van der Waals surface area contributed by atoms with Gasteiger partial charge in [0.2, 0.25) is 10.0 Å². The third kappa shape index (κ3) is 5.31. The van der Waals surface area contributed by atoms with Crippen molar-refractivity contribution in [2.75, 3.05) is 7.11 Å². The van der Waals surface area contributed by atoms with E-state index in [1.807, 2.05) is 0 Å². The third-order valence-electron chi connectivity index (χ3n) is 4.08. The predicted molar refractivity (Wildman–Crippen MR) is 104 cm³/mol. The Morgan fingerprint density at radius 1 is 0.821 bits per heavy atom. The fraction of sp³-hybridized carbons (Fsp3) is 0.143. The number of nitrogens with one attached hydrogen (secondary N) is 1. The molecule has 0 unspecified atom stereocenters. The van der Waals surface area contributed by atoms with Crippen LogP contribution in [0.2, 0.25) is 0 Å². The standard InChI is InChI=1S/C21H20FNO4S/c1-26-19-10-12-21(13-11-19)28(24,25)23-14-16-4-8-20(9-5-16)27-15-17-2-6-18(22)7-3-17/h2-13,23H,14-15H2,1H3. The van der Waals surface area contributed by atoms with Gasteiger partial charge in [-0.1, -0.05) is 24.3 Å². The van der Waals surface area contributed by atoms with Crippen LogP contribution >= 0.6 is 0 Å². The topological polar surface area (TPSA) is 64.6 Å². The lowest BCUT2D eigenvalue weighted by atomic mass is 10.2. The Bertz CT molecular complexity index is 1000. The molecule has 0 atom stereocenters. The molecule has 146 valence electrons. The molecule has 28 heavy (non-hydrogen) atoms. The first-order valence-electron chi connectivity index (χ1n) is 8.56. The van der Waals surface area contributed by atoms with E-state index in [0.717, 1.165) is 11.1 Å². The summed E-state index contributed by atoms with van der Waals surface area (Å²) in [6, 6.07) is 19.4. The number of sulfonamides is 1. The lowest BCUT2D eigenvalue weighted by Gasteiger charge is -2.09. The normalized spacial score (nSPS) is 11.2. The van der Waals surface area contributed by atoms with Gasteiger partial charge in [-0.15, -0.1) is 0 Å². The highest BCUT2D eigenvalue weighted by Crippen LogP contribution is 2.17. The van der Waals surface area contributed by atoms with Crippen LogP contribution in [0, 0.1) is 5.82 Å². The van der Waals surface area contributed by atoms with Crippen LogP contribution in [0.5, 0.6) is 11.5 Å². The van der Waals surface area contributed by atoms with Crippen molar-refractivity contribution in [1.82, 2.24) is 4.72 Å². The summed E-state index contributed by atoms with van der Waals surface area (Å²) >= 11 is 0. The van der Waals surface area contributed by atoms with E-state index < -0.39 is 10.0 Å². The summed E-state index contributed by atoms with van der Waals surface area (Å²) in [4.78, 5) is 0.174. The Morgan fingerprint density at radius 2 is 1.39 bits per heavy atom. The molecule has 3 aromatic rings. The van der Waals surface area contributed by atoms with Crippen molar-refractivity contribution in [1.29, 1.82) is 0 Å². The molecule has 5 nitrogen and oxygen atoms in total. The molecule has 0 saturated heterocycles. The first-order chi connectivity index (χ1) is 13.5. The van der Waals surface area contributed by atoms with Crippen LogP contribution in [0.1, 0.15) is 11.1 Å². The summed E-state index contributed by atoms with van der Waals surface area (Å²) in [6.07, 6.45) is 0. The highest BCUT2D eigenvalue weighted by Gasteiger charge is 2.13. The summed E-state index contributed by atoms with van der Waals surface area (Å²) in [5, 5.41) is 0. The lowest BCUT2D eigenvalue weighted by Crippen LogP contribution is -2.23. The van der Waals surface area contributed by atoms with Gasteiger partial charge < -0.3 is 9.47 Å². The number of hydrogen-bond donors (Lipinski definition) is 1. The third-order valence-corrected chi connectivity index (χ3v) is 5.50. The smallest absolute Gasteiger partial charge is 0.240 e. The van der Waals surface area contributed by atoms with Crippen LogP contribution in [-0.4, -0.2) is 15.5 Å². The monoisotopic (exact) mass is 401 g/mol. The fourth-order valence-electron chi connectivity index (χ4n) is 2.47. The molecule has 0 saturated carbocycles.